The van der Waals surface area contributed by atoms with Crippen molar-refractivity contribution in [1.82, 2.24) is 0 Å². The highest BCUT2D eigenvalue weighted by Gasteiger charge is 2.41. The quantitative estimate of drug-likeness (QED) is 0.729. The lowest BCUT2D eigenvalue weighted by atomic mass is 10.2. The van der Waals surface area contributed by atoms with Crippen molar-refractivity contribution < 1.29 is 13.6 Å². The van der Waals surface area contributed by atoms with Gasteiger partial charge in [0.25, 0.3) is 8.32 Å². The number of hydrogen-bond donors (Lipinski definition) is 1. The van der Waals surface area contributed by atoms with E-state index in [4.69, 9.17) is 14.6 Å². The predicted molar refractivity (Wildman–Crippen MR) is 99.0 cm³/mol. The van der Waals surface area contributed by atoms with E-state index < -0.39 is 22.7 Å². The van der Waals surface area contributed by atoms with Crippen molar-refractivity contribution in [2.75, 3.05) is 6.61 Å². The minimum atomic E-state index is -2.10. The molecule has 0 aromatic carbocycles. The molecule has 1 unspecified atom stereocenters. The number of carbonyl (C=O) groups excluding carboxylic acids is 1. The van der Waals surface area contributed by atoms with Crippen molar-refractivity contribution in [3.8, 4) is 0 Å². The fourth-order valence-corrected chi connectivity index (χ4v) is 3.28. The van der Waals surface area contributed by atoms with Gasteiger partial charge in [0.05, 0.1) is 0 Å². The lowest BCUT2D eigenvalue weighted by Gasteiger charge is -2.37. The molecular formula is C16H37NO3Si2. The molecule has 1 atom stereocenters. The summed E-state index contributed by atoms with van der Waals surface area (Å²) in [5.41, 5.74) is 5.99. The molecule has 0 aromatic rings. The summed E-state index contributed by atoms with van der Waals surface area (Å²) in [6.07, 6.45) is 0.514. The topological polar surface area (TPSA) is 61.5 Å². The van der Waals surface area contributed by atoms with Gasteiger partial charge in [-0.05, 0) is 42.7 Å². The van der Waals surface area contributed by atoms with E-state index in [1.54, 1.807) is 0 Å². The molecule has 0 spiro atoms. The molecule has 0 aliphatic heterocycles. The molecule has 0 radical (unpaired) electrons. The molecular weight excluding hydrogens is 310 g/mol. The van der Waals surface area contributed by atoms with Crippen LogP contribution < -0.4 is 5.73 Å². The van der Waals surface area contributed by atoms with Crippen LogP contribution in [-0.4, -0.2) is 35.3 Å². The van der Waals surface area contributed by atoms with E-state index in [0.29, 0.717) is 13.0 Å². The fraction of sp³-hybridized carbons (Fsp3) is 0.938. The molecule has 0 aliphatic carbocycles. The predicted octanol–water partition coefficient (Wildman–Crippen LogP) is 4.27. The van der Waals surface area contributed by atoms with E-state index in [9.17, 15) is 4.79 Å². The van der Waals surface area contributed by atoms with Crippen molar-refractivity contribution in [2.45, 2.75) is 90.3 Å². The first-order chi connectivity index (χ1) is 9.51. The summed E-state index contributed by atoms with van der Waals surface area (Å²) in [4.78, 5) is 12.2. The van der Waals surface area contributed by atoms with Gasteiger partial charge in [-0.15, -0.1) is 0 Å². The average molecular weight is 348 g/mol. The largest absolute Gasteiger partial charge is 0.518 e. The molecule has 6 heteroatoms. The molecule has 0 bridgehead atoms. The third-order valence-electron chi connectivity index (χ3n) is 5.16. The summed E-state index contributed by atoms with van der Waals surface area (Å²) in [7, 11) is -3.88. The van der Waals surface area contributed by atoms with Gasteiger partial charge in [0.2, 0.25) is 0 Å². The maximum atomic E-state index is 12.2. The van der Waals surface area contributed by atoms with Gasteiger partial charge in [-0.2, -0.15) is 0 Å². The number of nitrogens with two attached hydrogens (primary N) is 1. The lowest BCUT2D eigenvalue weighted by Crippen LogP contribution is -2.47. The summed E-state index contributed by atoms with van der Waals surface area (Å²) in [6, 6.07) is -0.598. The standard InChI is InChI=1S/C16H37NO3Si2/c1-15(2,3)21(7,8)19-12-11-13(17)14(18)20-22(9,10)16(4,5)6/h13H,11-12,17H2,1-10H3. The van der Waals surface area contributed by atoms with Gasteiger partial charge in [0, 0.05) is 6.61 Å². The molecule has 22 heavy (non-hydrogen) atoms. The number of rotatable bonds is 6. The maximum absolute atomic E-state index is 12.2. The van der Waals surface area contributed by atoms with Crippen molar-refractivity contribution >= 4 is 22.6 Å². The highest BCUT2D eigenvalue weighted by atomic mass is 28.4. The Morgan fingerprint density at radius 1 is 0.955 bits per heavy atom. The first kappa shape index (κ1) is 21.8. The summed E-state index contributed by atoms with van der Waals surface area (Å²) < 4.78 is 11.8. The molecule has 0 heterocycles. The monoisotopic (exact) mass is 347 g/mol. The molecule has 0 fully saturated rings. The van der Waals surface area contributed by atoms with Crippen LogP contribution >= 0.6 is 0 Å². The second-order valence-corrected chi connectivity index (χ2v) is 18.7. The highest BCUT2D eigenvalue weighted by molar-refractivity contribution is 6.75. The Morgan fingerprint density at radius 2 is 1.36 bits per heavy atom. The van der Waals surface area contributed by atoms with Gasteiger partial charge in [0.15, 0.2) is 8.32 Å². The zero-order valence-electron chi connectivity index (χ0n) is 16.3. The summed E-state index contributed by atoms with van der Waals surface area (Å²) in [5.74, 6) is -0.287. The van der Waals surface area contributed by atoms with Crippen LogP contribution in [0.15, 0.2) is 0 Å². The van der Waals surface area contributed by atoms with E-state index in [-0.39, 0.29) is 16.0 Å². The van der Waals surface area contributed by atoms with Crippen LogP contribution in [0, 0.1) is 0 Å². The first-order valence-corrected chi connectivity index (χ1v) is 14.0. The van der Waals surface area contributed by atoms with Gasteiger partial charge < -0.3 is 14.6 Å². The Hall–Kier alpha value is -0.176. The second-order valence-electron chi connectivity index (χ2n) is 9.19. The lowest BCUT2D eigenvalue weighted by molar-refractivity contribution is -0.137. The van der Waals surface area contributed by atoms with E-state index in [0.717, 1.165) is 0 Å². The van der Waals surface area contributed by atoms with Gasteiger partial charge >= 0.3 is 5.97 Å². The molecule has 0 saturated carbocycles. The summed E-state index contributed by atoms with van der Waals surface area (Å²) in [6.45, 7) is 22.0. The molecule has 132 valence electrons. The molecule has 0 rings (SSSR count). The molecule has 2 N–H and O–H groups in total. The van der Waals surface area contributed by atoms with Gasteiger partial charge in [-0.1, -0.05) is 41.5 Å². The minimum absolute atomic E-state index is 0.0000193. The Balaban J connectivity index is 4.46. The van der Waals surface area contributed by atoms with E-state index in [1.807, 2.05) is 0 Å². The van der Waals surface area contributed by atoms with Crippen molar-refractivity contribution in [1.29, 1.82) is 0 Å². The van der Waals surface area contributed by atoms with Crippen LogP contribution in [0.4, 0.5) is 0 Å². The molecule has 0 aliphatic rings. The van der Waals surface area contributed by atoms with Gasteiger partial charge in [-0.25, -0.2) is 0 Å². The Labute approximate surface area is 139 Å². The third-order valence-corrected chi connectivity index (χ3v) is 14.0. The third kappa shape index (κ3) is 6.14. The van der Waals surface area contributed by atoms with Crippen LogP contribution in [0.25, 0.3) is 0 Å². The molecule has 0 saturated heterocycles. The average Bonchev–Trinajstić information content (AvgIpc) is 2.24. The zero-order chi connectivity index (χ0) is 18.0. The van der Waals surface area contributed by atoms with Gasteiger partial charge in [0.1, 0.15) is 6.04 Å². The Bertz CT molecular complexity index is 382. The normalized spacial score (nSPS) is 15.6. The smallest absolute Gasteiger partial charge is 0.309 e. The van der Waals surface area contributed by atoms with Crippen molar-refractivity contribution in [3.05, 3.63) is 0 Å². The molecule has 0 aromatic heterocycles. The number of carbonyl (C=O) groups is 1. The van der Waals surface area contributed by atoms with Crippen molar-refractivity contribution in [2.24, 2.45) is 5.73 Å². The van der Waals surface area contributed by atoms with Crippen molar-refractivity contribution in [3.63, 3.8) is 0 Å². The minimum Gasteiger partial charge on any atom is -0.518 e. The highest BCUT2D eigenvalue weighted by Crippen LogP contribution is 2.37. The summed E-state index contributed by atoms with van der Waals surface area (Å²) in [5, 5.41) is 0.165. The number of hydrogen-bond acceptors (Lipinski definition) is 4. The van der Waals surface area contributed by atoms with Crippen LogP contribution in [-0.2, 0) is 13.6 Å². The second kappa shape index (κ2) is 7.15. The Morgan fingerprint density at radius 3 is 1.73 bits per heavy atom. The maximum Gasteiger partial charge on any atom is 0.309 e. The van der Waals surface area contributed by atoms with Crippen LogP contribution in [0.3, 0.4) is 0 Å². The zero-order valence-corrected chi connectivity index (χ0v) is 18.3. The van der Waals surface area contributed by atoms with E-state index in [1.165, 1.54) is 0 Å². The molecule has 0 amide bonds. The van der Waals surface area contributed by atoms with E-state index in [2.05, 4.69) is 67.7 Å². The van der Waals surface area contributed by atoms with Crippen LogP contribution in [0.2, 0.25) is 36.3 Å². The van der Waals surface area contributed by atoms with E-state index >= 15 is 0 Å². The summed E-state index contributed by atoms with van der Waals surface area (Å²) >= 11 is 0. The Kier molecular flexibility index (Phi) is 7.10. The fourth-order valence-electron chi connectivity index (χ4n) is 1.26. The first-order valence-electron chi connectivity index (χ1n) is 8.14. The van der Waals surface area contributed by atoms with Gasteiger partial charge in [-0.3, -0.25) is 4.79 Å². The molecule has 4 nitrogen and oxygen atoms in total. The van der Waals surface area contributed by atoms with Crippen LogP contribution in [0.1, 0.15) is 48.0 Å². The van der Waals surface area contributed by atoms with Crippen LogP contribution in [0.5, 0.6) is 0 Å². The SMILES string of the molecule is CC(C)(C)[Si](C)(C)OCCC(N)C(=O)O[Si](C)(C)C(C)(C)C.